The number of nitrogens with zero attached hydrogens (tertiary/aromatic N) is 2. The Kier molecular flexibility index (Phi) is 4.84. The molecular weight excluding hydrogens is 318 g/mol. The first-order valence-electron chi connectivity index (χ1n) is 7.25. The largest absolute Gasteiger partial charge is 0.347 e. The number of hydrogen-bond acceptors (Lipinski definition) is 5. The monoisotopic (exact) mass is 335 g/mol. The van der Waals surface area contributed by atoms with E-state index < -0.39 is 0 Å². The van der Waals surface area contributed by atoms with Crippen molar-refractivity contribution in [2.75, 3.05) is 19.6 Å². The van der Waals surface area contributed by atoms with Crippen LogP contribution in [0.5, 0.6) is 0 Å². The average Bonchev–Trinajstić information content (AvgIpc) is 3.23. The molecule has 5 nitrogen and oxygen atoms in total. The predicted molar refractivity (Wildman–Crippen MR) is 88.0 cm³/mol. The molecule has 1 N–H and O–H groups in total. The molecule has 2 amide bonds. The Morgan fingerprint density at radius 2 is 2.09 bits per heavy atom. The van der Waals surface area contributed by atoms with Gasteiger partial charge >= 0.3 is 0 Å². The van der Waals surface area contributed by atoms with Crippen molar-refractivity contribution in [2.45, 2.75) is 19.3 Å². The zero-order valence-corrected chi connectivity index (χ0v) is 13.7. The van der Waals surface area contributed by atoms with Gasteiger partial charge in [-0.15, -0.1) is 22.7 Å². The summed E-state index contributed by atoms with van der Waals surface area (Å²) in [5.74, 6) is -0.154. The fourth-order valence-corrected chi connectivity index (χ4v) is 4.01. The van der Waals surface area contributed by atoms with Crippen LogP contribution in [0.1, 0.15) is 18.5 Å². The zero-order valence-electron chi connectivity index (χ0n) is 12.1. The molecule has 2 aromatic rings. The van der Waals surface area contributed by atoms with Crippen LogP contribution in [0.15, 0.2) is 22.9 Å². The van der Waals surface area contributed by atoms with E-state index in [0.717, 1.165) is 41.5 Å². The van der Waals surface area contributed by atoms with Crippen molar-refractivity contribution in [3.8, 4) is 9.88 Å². The smallest absolute Gasteiger partial charge is 0.241 e. The van der Waals surface area contributed by atoms with Crippen molar-refractivity contribution >= 4 is 34.5 Å². The number of nitrogens with one attached hydrogen (secondary N) is 1. The Morgan fingerprint density at radius 3 is 2.82 bits per heavy atom. The third-order valence-corrected chi connectivity index (χ3v) is 5.45. The SMILES string of the molecule is O=C(Cc1csc(-c2cccs2)n1)NCC(=O)N1CCCC1. The lowest BCUT2D eigenvalue weighted by molar-refractivity contribution is -0.131. The molecule has 0 saturated carbocycles. The maximum Gasteiger partial charge on any atom is 0.241 e. The Bertz CT molecular complexity index is 646. The first-order chi connectivity index (χ1) is 10.7. The molecule has 0 atom stereocenters. The van der Waals surface area contributed by atoms with Crippen LogP contribution in [0, 0.1) is 0 Å². The van der Waals surface area contributed by atoms with E-state index >= 15 is 0 Å². The summed E-state index contributed by atoms with van der Waals surface area (Å²) < 4.78 is 0. The van der Waals surface area contributed by atoms with Crippen LogP contribution in [-0.2, 0) is 16.0 Å². The second-order valence-corrected chi connectivity index (χ2v) is 6.97. The minimum absolute atomic E-state index is 0.00315. The predicted octanol–water partition coefficient (Wildman–Crippen LogP) is 2.15. The van der Waals surface area contributed by atoms with Crippen molar-refractivity contribution in [1.82, 2.24) is 15.2 Å². The van der Waals surface area contributed by atoms with E-state index in [1.807, 2.05) is 22.9 Å². The average molecular weight is 335 g/mol. The van der Waals surface area contributed by atoms with Crippen LogP contribution < -0.4 is 5.32 Å². The summed E-state index contributed by atoms with van der Waals surface area (Å²) >= 11 is 3.17. The maximum atomic E-state index is 11.9. The molecule has 1 aliphatic rings. The lowest BCUT2D eigenvalue weighted by Gasteiger charge is -2.15. The van der Waals surface area contributed by atoms with Gasteiger partial charge < -0.3 is 10.2 Å². The summed E-state index contributed by atoms with van der Waals surface area (Å²) in [6.07, 6.45) is 2.34. The maximum absolute atomic E-state index is 11.9. The van der Waals surface area contributed by atoms with Crippen LogP contribution >= 0.6 is 22.7 Å². The van der Waals surface area contributed by atoms with Gasteiger partial charge in [-0.1, -0.05) is 6.07 Å². The molecule has 0 bridgehead atoms. The second-order valence-electron chi connectivity index (χ2n) is 5.16. The molecule has 1 fully saturated rings. The summed E-state index contributed by atoms with van der Waals surface area (Å²) in [4.78, 5) is 31.2. The molecule has 0 spiro atoms. The van der Waals surface area contributed by atoms with Crippen molar-refractivity contribution < 1.29 is 9.59 Å². The van der Waals surface area contributed by atoms with E-state index in [1.165, 1.54) is 11.3 Å². The number of amides is 2. The molecule has 1 saturated heterocycles. The molecule has 2 aromatic heterocycles. The Labute approximate surface area is 137 Å². The number of thiophene rings is 1. The second kappa shape index (κ2) is 7.02. The zero-order chi connectivity index (χ0) is 15.4. The molecule has 0 aliphatic carbocycles. The fourth-order valence-electron chi connectivity index (χ4n) is 2.38. The standard InChI is InChI=1S/C15H17N3O2S2/c19-13(16-9-14(20)18-5-1-2-6-18)8-11-10-22-15(17-11)12-4-3-7-21-12/h3-4,7,10H,1-2,5-6,8-9H2,(H,16,19). The van der Waals surface area contributed by atoms with Gasteiger partial charge in [0, 0.05) is 18.5 Å². The quantitative estimate of drug-likeness (QED) is 0.911. The Hall–Kier alpha value is -1.73. The van der Waals surface area contributed by atoms with Gasteiger partial charge in [-0.05, 0) is 24.3 Å². The molecule has 7 heteroatoms. The number of likely N-dealkylation sites (tertiary alicyclic amines) is 1. The molecule has 1 aliphatic heterocycles. The van der Waals surface area contributed by atoms with Crippen LogP contribution in [0.25, 0.3) is 9.88 Å². The number of rotatable bonds is 5. The van der Waals surface area contributed by atoms with Crippen molar-refractivity contribution in [2.24, 2.45) is 0 Å². The van der Waals surface area contributed by atoms with Gasteiger partial charge in [0.05, 0.1) is 23.5 Å². The van der Waals surface area contributed by atoms with Gasteiger partial charge in [0.15, 0.2) is 0 Å². The van der Waals surface area contributed by atoms with Crippen molar-refractivity contribution in [1.29, 1.82) is 0 Å². The fraction of sp³-hybridized carbons (Fsp3) is 0.400. The molecule has 0 unspecified atom stereocenters. The van der Waals surface area contributed by atoms with Gasteiger partial charge in [0.1, 0.15) is 5.01 Å². The van der Waals surface area contributed by atoms with Gasteiger partial charge in [0.25, 0.3) is 0 Å². The highest BCUT2D eigenvalue weighted by Crippen LogP contribution is 2.27. The third kappa shape index (κ3) is 3.72. The van der Waals surface area contributed by atoms with Crippen LogP contribution in [0.2, 0.25) is 0 Å². The van der Waals surface area contributed by atoms with E-state index in [1.54, 1.807) is 16.2 Å². The van der Waals surface area contributed by atoms with E-state index in [0.29, 0.717) is 0 Å². The van der Waals surface area contributed by atoms with E-state index in [9.17, 15) is 9.59 Å². The first-order valence-corrected chi connectivity index (χ1v) is 9.01. The Morgan fingerprint density at radius 1 is 1.27 bits per heavy atom. The number of thiazole rings is 1. The first kappa shape index (κ1) is 15.2. The van der Waals surface area contributed by atoms with Gasteiger partial charge in [-0.3, -0.25) is 9.59 Å². The molecule has 22 heavy (non-hydrogen) atoms. The summed E-state index contributed by atoms with van der Waals surface area (Å²) in [5.41, 5.74) is 0.750. The van der Waals surface area contributed by atoms with E-state index in [2.05, 4.69) is 10.3 Å². The van der Waals surface area contributed by atoms with Gasteiger partial charge in [-0.2, -0.15) is 0 Å². The summed E-state index contributed by atoms with van der Waals surface area (Å²) in [7, 11) is 0. The molecule has 3 rings (SSSR count). The van der Waals surface area contributed by atoms with Crippen molar-refractivity contribution in [3.05, 3.63) is 28.6 Å². The minimum Gasteiger partial charge on any atom is -0.347 e. The van der Waals surface area contributed by atoms with E-state index in [-0.39, 0.29) is 24.8 Å². The topological polar surface area (TPSA) is 62.3 Å². The summed E-state index contributed by atoms with van der Waals surface area (Å²) in [5, 5.41) is 7.53. The molecule has 3 heterocycles. The van der Waals surface area contributed by atoms with Gasteiger partial charge in [0.2, 0.25) is 11.8 Å². The molecular formula is C15H17N3O2S2. The van der Waals surface area contributed by atoms with E-state index in [4.69, 9.17) is 0 Å². The number of hydrogen-bond donors (Lipinski definition) is 1. The molecule has 0 aromatic carbocycles. The lowest BCUT2D eigenvalue weighted by atomic mass is 10.3. The summed E-state index contributed by atoms with van der Waals surface area (Å²) in [6.45, 7) is 1.71. The highest BCUT2D eigenvalue weighted by Gasteiger charge is 2.18. The highest BCUT2D eigenvalue weighted by molar-refractivity contribution is 7.20. The molecule has 116 valence electrons. The van der Waals surface area contributed by atoms with Crippen LogP contribution in [0.3, 0.4) is 0 Å². The summed E-state index contributed by atoms with van der Waals surface area (Å²) in [6, 6.07) is 4.00. The number of aromatic nitrogens is 1. The van der Waals surface area contributed by atoms with Gasteiger partial charge in [-0.25, -0.2) is 4.98 Å². The highest BCUT2D eigenvalue weighted by atomic mass is 32.1. The lowest BCUT2D eigenvalue weighted by Crippen LogP contribution is -2.39. The Balaban J connectivity index is 1.48. The van der Waals surface area contributed by atoms with Crippen LogP contribution in [-0.4, -0.2) is 41.3 Å². The number of carbonyl (C=O) groups is 2. The molecule has 0 radical (unpaired) electrons. The normalized spacial score (nSPS) is 14.3. The van der Waals surface area contributed by atoms with Crippen LogP contribution in [0.4, 0.5) is 0 Å². The number of carbonyl (C=O) groups excluding carboxylic acids is 2. The third-order valence-electron chi connectivity index (χ3n) is 3.52. The van der Waals surface area contributed by atoms with Crippen molar-refractivity contribution in [3.63, 3.8) is 0 Å². The minimum atomic E-state index is -0.157.